The van der Waals surface area contributed by atoms with E-state index in [0.29, 0.717) is 13.0 Å². The lowest BCUT2D eigenvalue weighted by Crippen LogP contribution is -2.30. The van der Waals surface area contributed by atoms with Crippen molar-refractivity contribution in [2.75, 3.05) is 11.9 Å². The minimum atomic E-state index is -0.216. The Morgan fingerprint density at radius 1 is 1.20 bits per heavy atom. The number of nitrogens with zero attached hydrogens (tertiary/aromatic N) is 2. The maximum atomic E-state index is 11.9. The predicted molar refractivity (Wildman–Crippen MR) is 102 cm³/mol. The van der Waals surface area contributed by atoms with E-state index < -0.39 is 0 Å². The number of carbonyl (C=O) groups is 1. The molecule has 2 amide bonds. The van der Waals surface area contributed by atoms with Crippen molar-refractivity contribution in [3.05, 3.63) is 65.4 Å². The van der Waals surface area contributed by atoms with Gasteiger partial charge in [0, 0.05) is 46.5 Å². The summed E-state index contributed by atoms with van der Waals surface area (Å²) in [5.41, 5.74) is 2.75. The molecule has 0 aliphatic rings. The normalized spacial score (nSPS) is 10.4. The monoisotopic (exact) mass is 370 g/mol. The maximum absolute atomic E-state index is 11.9. The number of aryl methyl sites for hydroxylation is 1. The third-order valence-electron chi connectivity index (χ3n) is 3.31. The number of hydrogen-bond acceptors (Lipinski definition) is 5. The zero-order chi connectivity index (χ0) is 17.5. The van der Waals surface area contributed by atoms with Crippen LogP contribution in [0.15, 0.2) is 63.3 Å². The number of thiazole rings is 1. The molecule has 0 radical (unpaired) electrons. The lowest BCUT2D eigenvalue weighted by atomic mass is 10.3. The summed E-state index contributed by atoms with van der Waals surface area (Å²) in [5, 5.41) is 7.70. The molecule has 25 heavy (non-hydrogen) atoms. The Morgan fingerprint density at radius 2 is 2.04 bits per heavy atom. The number of anilines is 1. The van der Waals surface area contributed by atoms with Crippen molar-refractivity contribution in [2.24, 2.45) is 0 Å². The number of amides is 2. The predicted octanol–water partition coefficient (Wildman–Crippen LogP) is 4.36. The van der Waals surface area contributed by atoms with Gasteiger partial charge in [-0.25, -0.2) is 9.78 Å². The Hall–Kier alpha value is -2.38. The summed E-state index contributed by atoms with van der Waals surface area (Å²) in [6.07, 6.45) is 2.46. The summed E-state index contributed by atoms with van der Waals surface area (Å²) in [7, 11) is 0. The van der Waals surface area contributed by atoms with Crippen molar-refractivity contribution in [1.29, 1.82) is 0 Å². The number of benzene rings is 1. The van der Waals surface area contributed by atoms with Crippen molar-refractivity contribution in [3.8, 4) is 0 Å². The van der Waals surface area contributed by atoms with E-state index >= 15 is 0 Å². The van der Waals surface area contributed by atoms with E-state index in [1.807, 2.05) is 54.8 Å². The van der Waals surface area contributed by atoms with Gasteiger partial charge in [0.05, 0.1) is 0 Å². The molecule has 0 unspecified atom stereocenters. The molecule has 0 fully saturated rings. The average molecular weight is 371 g/mol. The van der Waals surface area contributed by atoms with Crippen LogP contribution in [0.2, 0.25) is 0 Å². The highest BCUT2D eigenvalue weighted by Crippen LogP contribution is 2.30. The van der Waals surface area contributed by atoms with Crippen molar-refractivity contribution >= 4 is 34.8 Å². The van der Waals surface area contributed by atoms with E-state index in [-0.39, 0.29) is 6.03 Å². The number of urea groups is 1. The van der Waals surface area contributed by atoms with Gasteiger partial charge in [-0.3, -0.25) is 4.98 Å². The van der Waals surface area contributed by atoms with E-state index in [1.54, 1.807) is 29.3 Å². The summed E-state index contributed by atoms with van der Waals surface area (Å²) < 4.78 is 1.02. The molecule has 0 bridgehead atoms. The van der Waals surface area contributed by atoms with Crippen molar-refractivity contribution in [3.63, 3.8) is 0 Å². The number of carbonyl (C=O) groups excluding carboxylic acids is 1. The van der Waals surface area contributed by atoms with Crippen LogP contribution in [0.5, 0.6) is 0 Å². The van der Waals surface area contributed by atoms with Crippen LogP contribution < -0.4 is 10.6 Å². The molecule has 0 aliphatic carbocycles. The fraction of sp³-hybridized carbons (Fsp3) is 0.167. The van der Waals surface area contributed by atoms with E-state index in [1.165, 1.54) is 0 Å². The standard InChI is InChI=1S/C18H18N4OS2/c1-13-12-24-18(21-13)25-16-7-5-15(6-8-16)22-17(23)20-11-9-14-4-2-3-10-19-14/h2-8,10,12H,9,11H2,1H3,(H2,20,22,23). The van der Waals surface area contributed by atoms with Gasteiger partial charge >= 0.3 is 6.03 Å². The molecule has 2 aromatic heterocycles. The smallest absolute Gasteiger partial charge is 0.319 e. The summed E-state index contributed by atoms with van der Waals surface area (Å²) >= 11 is 3.25. The Kier molecular flexibility index (Phi) is 6.03. The Bertz CT molecular complexity index is 819. The summed E-state index contributed by atoms with van der Waals surface area (Å²) in [4.78, 5) is 21.7. The summed E-state index contributed by atoms with van der Waals surface area (Å²) in [6.45, 7) is 2.53. The van der Waals surface area contributed by atoms with E-state index in [2.05, 4.69) is 20.6 Å². The molecule has 0 aliphatic heterocycles. The third-order valence-corrected chi connectivity index (χ3v) is 5.37. The van der Waals surface area contributed by atoms with Crippen LogP contribution in [0.25, 0.3) is 0 Å². The lowest BCUT2D eigenvalue weighted by Gasteiger charge is -2.08. The highest BCUT2D eigenvalue weighted by molar-refractivity contribution is 8.01. The second kappa shape index (κ2) is 8.64. The average Bonchev–Trinajstić information content (AvgIpc) is 3.02. The number of rotatable bonds is 6. The summed E-state index contributed by atoms with van der Waals surface area (Å²) in [5.74, 6) is 0. The maximum Gasteiger partial charge on any atom is 0.319 e. The van der Waals surface area contributed by atoms with Crippen LogP contribution in [0.1, 0.15) is 11.4 Å². The Labute approximate surface area is 154 Å². The van der Waals surface area contributed by atoms with Crippen molar-refractivity contribution in [1.82, 2.24) is 15.3 Å². The fourth-order valence-electron chi connectivity index (χ4n) is 2.11. The molecule has 0 saturated carbocycles. The number of hydrogen-bond donors (Lipinski definition) is 2. The Morgan fingerprint density at radius 3 is 2.72 bits per heavy atom. The SMILES string of the molecule is Cc1csc(Sc2ccc(NC(=O)NCCc3ccccn3)cc2)n1. The van der Waals surface area contributed by atoms with Crippen LogP contribution in [0.3, 0.4) is 0 Å². The van der Waals surface area contributed by atoms with Crippen LogP contribution in [0.4, 0.5) is 10.5 Å². The topological polar surface area (TPSA) is 66.9 Å². The lowest BCUT2D eigenvalue weighted by molar-refractivity contribution is 0.252. The van der Waals surface area contributed by atoms with E-state index in [9.17, 15) is 4.79 Å². The van der Waals surface area contributed by atoms with Gasteiger partial charge in [0.25, 0.3) is 0 Å². The molecular weight excluding hydrogens is 352 g/mol. The molecule has 0 saturated heterocycles. The van der Waals surface area contributed by atoms with Crippen LogP contribution in [0, 0.1) is 6.92 Å². The molecule has 0 atom stereocenters. The van der Waals surface area contributed by atoms with Crippen LogP contribution in [-0.2, 0) is 6.42 Å². The zero-order valence-electron chi connectivity index (χ0n) is 13.7. The Balaban J connectivity index is 1.45. The second-order valence-corrected chi connectivity index (χ2v) is 7.51. The number of pyridine rings is 1. The van der Waals surface area contributed by atoms with E-state index in [4.69, 9.17) is 0 Å². The second-order valence-electron chi connectivity index (χ2n) is 5.33. The molecule has 0 spiro atoms. The molecule has 3 rings (SSSR count). The molecule has 5 nitrogen and oxygen atoms in total. The quantitative estimate of drug-likeness (QED) is 0.676. The third kappa shape index (κ3) is 5.58. The summed E-state index contributed by atoms with van der Waals surface area (Å²) in [6, 6.07) is 13.3. The highest BCUT2D eigenvalue weighted by atomic mass is 32.2. The first-order chi connectivity index (χ1) is 12.2. The van der Waals surface area contributed by atoms with Gasteiger partial charge < -0.3 is 10.6 Å². The first-order valence-electron chi connectivity index (χ1n) is 7.84. The van der Waals surface area contributed by atoms with Gasteiger partial charge in [-0.2, -0.15) is 0 Å². The van der Waals surface area contributed by atoms with Crippen LogP contribution in [-0.4, -0.2) is 22.5 Å². The first kappa shape index (κ1) is 17.4. The number of nitrogens with one attached hydrogen (secondary N) is 2. The minimum absolute atomic E-state index is 0.216. The molecule has 128 valence electrons. The molecule has 7 heteroatoms. The van der Waals surface area contributed by atoms with Gasteiger partial charge in [0.1, 0.15) is 0 Å². The van der Waals surface area contributed by atoms with Crippen LogP contribution >= 0.6 is 23.1 Å². The minimum Gasteiger partial charge on any atom is -0.337 e. The zero-order valence-corrected chi connectivity index (χ0v) is 15.4. The molecule has 3 aromatic rings. The first-order valence-corrected chi connectivity index (χ1v) is 9.53. The highest BCUT2D eigenvalue weighted by Gasteiger charge is 2.04. The molecule has 2 heterocycles. The van der Waals surface area contributed by atoms with Gasteiger partial charge in [0.15, 0.2) is 4.34 Å². The van der Waals surface area contributed by atoms with Crippen molar-refractivity contribution < 1.29 is 4.79 Å². The van der Waals surface area contributed by atoms with Gasteiger partial charge in [-0.15, -0.1) is 11.3 Å². The van der Waals surface area contributed by atoms with Gasteiger partial charge in [-0.05, 0) is 43.3 Å². The van der Waals surface area contributed by atoms with Gasteiger partial charge in [-0.1, -0.05) is 17.8 Å². The van der Waals surface area contributed by atoms with Crippen molar-refractivity contribution in [2.45, 2.75) is 22.6 Å². The molecule has 1 aromatic carbocycles. The fourth-order valence-corrected chi connectivity index (χ4v) is 3.92. The molecular formula is C18H18N4OS2. The molecule has 2 N–H and O–H groups in total. The van der Waals surface area contributed by atoms with E-state index in [0.717, 1.165) is 26.3 Å². The number of aromatic nitrogens is 2. The largest absolute Gasteiger partial charge is 0.337 e. The van der Waals surface area contributed by atoms with Gasteiger partial charge in [0.2, 0.25) is 0 Å².